The second-order valence-corrected chi connectivity index (χ2v) is 7.59. The van der Waals surface area contributed by atoms with Gasteiger partial charge in [-0.3, -0.25) is 0 Å². The van der Waals surface area contributed by atoms with Crippen molar-refractivity contribution in [3.63, 3.8) is 0 Å². The van der Waals surface area contributed by atoms with Crippen LogP contribution in [-0.2, 0) is 9.31 Å². The molecule has 23 heavy (non-hydrogen) atoms. The number of hydrogen-bond acceptors (Lipinski definition) is 3. The largest absolute Gasteiger partial charge is 0.499 e. The van der Waals surface area contributed by atoms with Crippen LogP contribution in [0.15, 0.2) is 18.3 Å². The quantitative estimate of drug-likeness (QED) is 0.880. The molecule has 0 atom stereocenters. The van der Waals surface area contributed by atoms with Gasteiger partial charge in [-0.15, -0.1) is 0 Å². The Morgan fingerprint density at radius 2 is 1.70 bits per heavy atom. The van der Waals surface area contributed by atoms with Crippen molar-refractivity contribution >= 4 is 23.5 Å². The first-order chi connectivity index (χ1) is 10.7. The number of H-pyrrole nitrogens is 1. The fraction of sp³-hybridized carbons (Fsp3) is 0.556. The Morgan fingerprint density at radius 3 is 2.22 bits per heavy atom. The normalized spacial score (nSPS) is 19.7. The summed E-state index contributed by atoms with van der Waals surface area (Å²) in [6.07, 6.45) is 2.07. The van der Waals surface area contributed by atoms with Crippen molar-refractivity contribution in [2.75, 3.05) is 7.11 Å². The summed E-state index contributed by atoms with van der Waals surface area (Å²) in [6.45, 7) is 12.7. The Balaban J connectivity index is 2.22. The van der Waals surface area contributed by atoms with Crippen LogP contribution in [0.3, 0.4) is 0 Å². The van der Waals surface area contributed by atoms with E-state index in [9.17, 15) is 0 Å². The summed E-state index contributed by atoms with van der Waals surface area (Å²) >= 11 is 0. The van der Waals surface area contributed by atoms with E-state index in [0.717, 1.165) is 22.1 Å². The first-order valence-electron chi connectivity index (χ1n) is 8.21. The summed E-state index contributed by atoms with van der Waals surface area (Å²) in [5.41, 5.74) is 2.56. The molecule has 0 amide bonds. The minimum absolute atomic E-state index is 0.376. The molecule has 1 saturated heterocycles. The maximum absolute atomic E-state index is 6.29. The highest BCUT2D eigenvalue weighted by Gasteiger charge is 2.53. The Labute approximate surface area is 138 Å². The smallest absolute Gasteiger partial charge is 0.497 e. The van der Waals surface area contributed by atoms with Crippen molar-refractivity contribution in [3.8, 4) is 5.75 Å². The first-order valence-corrected chi connectivity index (χ1v) is 8.21. The summed E-state index contributed by atoms with van der Waals surface area (Å²) in [7, 11) is 1.25. The molecule has 0 aliphatic carbocycles. The molecule has 1 aliphatic heterocycles. The van der Waals surface area contributed by atoms with Gasteiger partial charge in [-0.1, -0.05) is 13.8 Å². The highest BCUT2D eigenvalue weighted by atomic mass is 16.7. The zero-order chi connectivity index (χ0) is 17.0. The molecule has 124 valence electrons. The number of nitrogens with one attached hydrogen (secondary N) is 1. The molecule has 4 nitrogen and oxygen atoms in total. The number of methoxy groups -OCH3 is 1. The second kappa shape index (κ2) is 5.28. The van der Waals surface area contributed by atoms with E-state index in [-0.39, 0.29) is 11.2 Å². The summed E-state index contributed by atoms with van der Waals surface area (Å²) in [6, 6.07) is 4.03. The van der Waals surface area contributed by atoms with E-state index in [1.165, 1.54) is 5.56 Å². The minimum atomic E-state index is -0.438. The maximum Gasteiger partial charge on any atom is 0.499 e. The number of hydrogen-bond donors (Lipinski definition) is 1. The number of aromatic nitrogens is 1. The number of aromatic amines is 1. The van der Waals surface area contributed by atoms with E-state index in [1.54, 1.807) is 7.11 Å². The standard InChI is InChI=1S/C18H26BNO3/c1-11(2)12-10-20-13-8-9-14(21-7)16(15(12)13)19-22-17(3,4)18(5,6)23-19/h8-11,20H,1-7H3. The van der Waals surface area contributed by atoms with Crippen LogP contribution in [0.1, 0.15) is 53.0 Å². The topological polar surface area (TPSA) is 43.5 Å². The van der Waals surface area contributed by atoms with Gasteiger partial charge in [0.25, 0.3) is 0 Å². The zero-order valence-electron chi connectivity index (χ0n) is 15.1. The van der Waals surface area contributed by atoms with Crippen molar-refractivity contribution < 1.29 is 14.0 Å². The van der Waals surface area contributed by atoms with Gasteiger partial charge in [0, 0.05) is 22.6 Å². The van der Waals surface area contributed by atoms with Gasteiger partial charge >= 0.3 is 7.12 Å². The summed E-state index contributed by atoms with van der Waals surface area (Å²) in [5, 5.41) is 1.15. The molecule has 5 heteroatoms. The molecule has 3 rings (SSSR count). The molecule has 0 bridgehead atoms. The molecule has 2 aromatic rings. The Hall–Kier alpha value is -1.46. The van der Waals surface area contributed by atoms with E-state index < -0.39 is 7.12 Å². The maximum atomic E-state index is 6.29. The van der Waals surface area contributed by atoms with Gasteiger partial charge in [0.15, 0.2) is 0 Å². The number of rotatable bonds is 3. The molecular formula is C18H26BNO3. The highest BCUT2D eigenvalue weighted by Crippen LogP contribution is 2.38. The van der Waals surface area contributed by atoms with Crippen molar-refractivity contribution in [2.45, 2.75) is 58.7 Å². The van der Waals surface area contributed by atoms with Gasteiger partial charge in [0.2, 0.25) is 0 Å². The van der Waals surface area contributed by atoms with E-state index in [4.69, 9.17) is 14.0 Å². The van der Waals surface area contributed by atoms with Crippen LogP contribution in [-0.4, -0.2) is 30.4 Å². The molecule has 0 radical (unpaired) electrons. The highest BCUT2D eigenvalue weighted by molar-refractivity contribution is 6.66. The van der Waals surface area contributed by atoms with Crippen LogP contribution in [0.25, 0.3) is 10.9 Å². The Morgan fingerprint density at radius 1 is 1.09 bits per heavy atom. The lowest BCUT2D eigenvalue weighted by molar-refractivity contribution is 0.00578. The van der Waals surface area contributed by atoms with Gasteiger partial charge in [0.1, 0.15) is 5.75 Å². The third-order valence-corrected chi connectivity index (χ3v) is 5.21. The van der Waals surface area contributed by atoms with E-state index >= 15 is 0 Å². The molecule has 2 heterocycles. The van der Waals surface area contributed by atoms with E-state index in [0.29, 0.717) is 5.92 Å². The lowest BCUT2D eigenvalue weighted by Gasteiger charge is -2.32. The molecule has 1 aromatic carbocycles. The predicted molar refractivity (Wildman–Crippen MR) is 94.7 cm³/mol. The number of benzene rings is 1. The minimum Gasteiger partial charge on any atom is -0.497 e. The lowest BCUT2D eigenvalue weighted by atomic mass is 9.74. The number of ether oxygens (including phenoxy) is 1. The Bertz CT molecular complexity index is 717. The molecule has 0 saturated carbocycles. The third kappa shape index (κ3) is 2.46. The number of fused-ring (bicyclic) bond motifs is 1. The average Bonchev–Trinajstić information content (AvgIpc) is 2.96. The van der Waals surface area contributed by atoms with Gasteiger partial charge < -0.3 is 19.0 Å². The molecule has 0 spiro atoms. The van der Waals surface area contributed by atoms with Crippen molar-refractivity contribution in [3.05, 3.63) is 23.9 Å². The monoisotopic (exact) mass is 315 g/mol. The van der Waals surface area contributed by atoms with Gasteiger partial charge in [-0.25, -0.2) is 0 Å². The van der Waals surface area contributed by atoms with Gasteiger partial charge in [-0.05, 0) is 51.3 Å². The summed E-state index contributed by atoms with van der Waals surface area (Å²) in [4.78, 5) is 3.36. The summed E-state index contributed by atoms with van der Waals surface area (Å²) in [5.74, 6) is 1.20. The van der Waals surface area contributed by atoms with Crippen LogP contribution >= 0.6 is 0 Å². The van der Waals surface area contributed by atoms with Crippen LogP contribution in [0.2, 0.25) is 0 Å². The first kappa shape index (κ1) is 16.4. The average molecular weight is 315 g/mol. The van der Waals surface area contributed by atoms with E-state index in [1.807, 2.05) is 6.07 Å². The van der Waals surface area contributed by atoms with E-state index in [2.05, 4.69) is 58.8 Å². The fourth-order valence-corrected chi connectivity index (χ4v) is 3.09. The molecule has 1 N–H and O–H groups in total. The molecule has 1 fully saturated rings. The molecule has 1 aliphatic rings. The molecule has 0 unspecified atom stereocenters. The lowest BCUT2D eigenvalue weighted by Crippen LogP contribution is -2.41. The Kier molecular flexibility index (Phi) is 3.77. The van der Waals surface area contributed by atoms with Crippen LogP contribution in [0.4, 0.5) is 0 Å². The van der Waals surface area contributed by atoms with Crippen molar-refractivity contribution in [1.82, 2.24) is 4.98 Å². The van der Waals surface area contributed by atoms with Crippen LogP contribution in [0.5, 0.6) is 5.75 Å². The fourth-order valence-electron chi connectivity index (χ4n) is 3.09. The third-order valence-electron chi connectivity index (χ3n) is 5.21. The molecule has 1 aromatic heterocycles. The van der Waals surface area contributed by atoms with Crippen LogP contribution in [0, 0.1) is 0 Å². The second-order valence-electron chi connectivity index (χ2n) is 7.59. The zero-order valence-corrected chi connectivity index (χ0v) is 15.1. The van der Waals surface area contributed by atoms with Gasteiger partial charge in [0.05, 0.1) is 18.3 Å². The van der Waals surface area contributed by atoms with Gasteiger partial charge in [-0.2, -0.15) is 0 Å². The summed E-state index contributed by atoms with van der Waals surface area (Å²) < 4.78 is 18.2. The van der Waals surface area contributed by atoms with Crippen molar-refractivity contribution in [2.24, 2.45) is 0 Å². The SMILES string of the molecule is COc1ccc2[nH]cc(C(C)C)c2c1B1OC(C)(C)C(C)(C)O1. The molecular weight excluding hydrogens is 289 g/mol. The van der Waals surface area contributed by atoms with Crippen LogP contribution < -0.4 is 10.2 Å². The van der Waals surface area contributed by atoms with Crippen molar-refractivity contribution in [1.29, 1.82) is 0 Å². The predicted octanol–water partition coefficient (Wildman–Crippen LogP) is 3.60.